The van der Waals surface area contributed by atoms with Crippen LogP contribution in [0, 0.1) is 16.7 Å². The van der Waals surface area contributed by atoms with Gasteiger partial charge in [-0.05, 0) is 30.6 Å². The smallest absolute Gasteiger partial charge is 0.328 e. The molecule has 0 aromatic heterocycles. The Balaban J connectivity index is 2.80. The summed E-state index contributed by atoms with van der Waals surface area (Å²) in [7, 11) is 1.33. The standard InChI is InChI=1S/C14H25NO3/c1-9(12(17)18-6)15-11(16)10-13(2,3)7-8-14(10,4)5/h9-10H,7-8H2,1-6H3,(H,15,16). The van der Waals surface area contributed by atoms with Crippen molar-refractivity contribution in [2.24, 2.45) is 16.7 Å². The Morgan fingerprint density at radius 3 is 2.00 bits per heavy atom. The molecule has 0 radical (unpaired) electrons. The van der Waals surface area contributed by atoms with Gasteiger partial charge in [0.1, 0.15) is 6.04 Å². The van der Waals surface area contributed by atoms with E-state index in [-0.39, 0.29) is 22.7 Å². The Morgan fingerprint density at radius 1 is 1.17 bits per heavy atom. The van der Waals surface area contributed by atoms with Crippen LogP contribution in [-0.4, -0.2) is 25.0 Å². The molecule has 1 atom stereocenters. The molecule has 1 aliphatic rings. The van der Waals surface area contributed by atoms with Gasteiger partial charge in [-0.1, -0.05) is 27.7 Å². The monoisotopic (exact) mass is 255 g/mol. The van der Waals surface area contributed by atoms with Crippen LogP contribution >= 0.6 is 0 Å². The highest BCUT2D eigenvalue weighted by atomic mass is 16.5. The van der Waals surface area contributed by atoms with Crippen LogP contribution < -0.4 is 5.32 Å². The molecule has 1 N–H and O–H groups in total. The molecule has 1 aliphatic carbocycles. The van der Waals surface area contributed by atoms with E-state index in [9.17, 15) is 9.59 Å². The highest BCUT2D eigenvalue weighted by molar-refractivity contribution is 5.86. The van der Waals surface area contributed by atoms with Crippen LogP contribution in [0.2, 0.25) is 0 Å². The molecule has 1 unspecified atom stereocenters. The molecule has 1 rings (SSSR count). The van der Waals surface area contributed by atoms with E-state index in [0.717, 1.165) is 12.8 Å². The van der Waals surface area contributed by atoms with Gasteiger partial charge < -0.3 is 10.1 Å². The molecule has 1 saturated carbocycles. The van der Waals surface area contributed by atoms with E-state index in [1.807, 2.05) is 0 Å². The third kappa shape index (κ3) is 2.85. The van der Waals surface area contributed by atoms with Crippen molar-refractivity contribution in [1.29, 1.82) is 0 Å². The first-order valence-electron chi connectivity index (χ1n) is 6.50. The van der Waals surface area contributed by atoms with Crippen LogP contribution in [0.4, 0.5) is 0 Å². The van der Waals surface area contributed by atoms with E-state index in [2.05, 4.69) is 37.7 Å². The van der Waals surface area contributed by atoms with Crippen molar-refractivity contribution < 1.29 is 14.3 Å². The molecule has 0 heterocycles. The summed E-state index contributed by atoms with van der Waals surface area (Å²) in [6.07, 6.45) is 2.06. The molecule has 4 nitrogen and oxygen atoms in total. The van der Waals surface area contributed by atoms with Gasteiger partial charge in [0.05, 0.1) is 7.11 Å². The largest absolute Gasteiger partial charge is 0.467 e. The molecular weight excluding hydrogens is 230 g/mol. The van der Waals surface area contributed by atoms with Crippen molar-refractivity contribution in [2.75, 3.05) is 7.11 Å². The van der Waals surface area contributed by atoms with Gasteiger partial charge in [-0.15, -0.1) is 0 Å². The third-order valence-corrected chi connectivity index (χ3v) is 4.15. The molecule has 0 aromatic carbocycles. The van der Waals surface area contributed by atoms with Gasteiger partial charge in [-0.3, -0.25) is 4.79 Å². The van der Waals surface area contributed by atoms with E-state index < -0.39 is 12.0 Å². The maximum absolute atomic E-state index is 12.4. The lowest BCUT2D eigenvalue weighted by atomic mass is 9.72. The Labute approximate surface area is 109 Å². The number of hydrogen-bond acceptors (Lipinski definition) is 3. The summed E-state index contributed by atoms with van der Waals surface area (Å²) in [6, 6.07) is -0.588. The maximum Gasteiger partial charge on any atom is 0.328 e. The van der Waals surface area contributed by atoms with Crippen LogP contribution in [0.15, 0.2) is 0 Å². The molecule has 0 aromatic rings. The summed E-state index contributed by atoms with van der Waals surface area (Å²) in [5, 5.41) is 2.77. The minimum atomic E-state index is -0.588. The average Bonchev–Trinajstić information content (AvgIpc) is 2.46. The minimum Gasteiger partial charge on any atom is -0.467 e. The highest BCUT2D eigenvalue weighted by Crippen LogP contribution is 2.53. The second kappa shape index (κ2) is 4.90. The minimum absolute atomic E-state index is 0.0244. The van der Waals surface area contributed by atoms with Crippen LogP contribution in [0.25, 0.3) is 0 Å². The van der Waals surface area contributed by atoms with Crippen LogP contribution in [-0.2, 0) is 14.3 Å². The fourth-order valence-corrected chi connectivity index (χ4v) is 3.23. The highest BCUT2D eigenvalue weighted by Gasteiger charge is 2.51. The Morgan fingerprint density at radius 2 is 1.61 bits per heavy atom. The molecule has 0 saturated heterocycles. The van der Waals surface area contributed by atoms with Crippen molar-refractivity contribution in [3.05, 3.63) is 0 Å². The van der Waals surface area contributed by atoms with E-state index in [0.29, 0.717) is 0 Å². The summed E-state index contributed by atoms with van der Waals surface area (Å²) < 4.78 is 4.63. The lowest BCUT2D eigenvalue weighted by Crippen LogP contribution is -2.48. The van der Waals surface area contributed by atoms with E-state index >= 15 is 0 Å². The van der Waals surface area contributed by atoms with Gasteiger partial charge in [0.25, 0.3) is 0 Å². The van der Waals surface area contributed by atoms with Crippen molar-refractivity contribution in [3.8, 4) is 0 Å². The van der Waals surface area contributed by atoms with E-state index in [4.69, 9.17) is 0 Å². The number of hydrogen-bond donors (Lipinski definition) is 1. The lowest BCUT2D eigenvalue weighted by molar-refractivity contribution is -0.146. The maximum atomic E-state index is 12.4. The zero-order chi connectivity index (χ0) is 14.1. The van der Waals surface area contributed by atoms with Gasteiger partial charge in [0.15, 0.2) is 0 Å². The molecule has 1 amide bonds. The lowest BCUT2D eigenvalue weighted by Gasteiger charge is -2.34. The topological polar surface area (TPSA) is 55.4 Å². The van der Waals surface area contributed by atoms with Gasteiger partial charge in [0, 0.05) is 5.92 Å². The molecule has 0 bridgehead atoms. The normalized spacial score (nSPS) is 23.4. The quantitative estimate of drug-likeness (QED) is 0.786. The van der Waals surface area contributed by atoms with Crippen LogP contribution in [0.1, 0.15) is 47.5 Å². The van der Waals surface area contributed by atoms with Gasteiger partial charge in [-0.2, -0.15) is 0 Å². The number of nitrogens with one attached hydrogen (secondary N) is 1. The number of ether oxygens (including phenoxy) is 1. The van der Waals surface area contributed by atoms with Crippen LogP contribution in [0.3, 0.4) is 0 Å². The molecule has 104 valence electrons. The van der Waals surface area contributed by atoms with Gasteiger partial charge in [-0.25, -0.2) is 4.79 Å². The number of rotatable bonds is 3. The zero-order valence-corrected chi connectivity index (χ0v) is 12.3. The van der Waals surface area contributed by atoms with E-state index in [1.165, 1.54) is 7.11 Å². The van der Waals surface area contributed by atoms with Crippen LogP contribution in [0.5, 0.6) is 0 Å². The second-order valence-corrected chi connectivity index (χ2v) is 6.66. The molecule has 0 aliphatic heterocycles. The van der Waals surface area contributed by atoms with Crippen molar-refractivity contribution >= 4 is 11.9 Å². The predicted molar refractivity (Wildman–Crippen MR) is 69.9 cm³/mol. The average molecular weight is 255 g/mol. The van der Waals surface area contributed by atoms with Gasteiger partial charge >= 0.3 is 5.97 Å². The first-order chi connectivity index (χ1) is 8.12. The third-order valence-electron chi connectivity index (χ3n) is 4.15. The molecular formula is C14H25NO3. The number of carbonyl (C=O) groups excluding carboxylic acids is 2. The number of amides is 1. The molecule has 0 spiro atoms. The Bertz CT molecular complexity index is 331. The first kappa shape index (κ1) is 15.0. The first-order valence-corrected chi connectivity index (χ1v) is 6.50. The number of carbonyl (C=O) groups is 2. The number of methoxy groups -OCH3 is 1. The number of esters is 1. The second-order valence-electron chi connectivity index (χ2n) is 6.66. The zero-order valence-electron chi connectivity index (χ0n) is 12.3. The Kier molecular flexibility index (Phi) is 4.08. The SMILES string of the molecule is COC(=O)C(C)NC(=O)C1C(C)(C)CCC1(C)C. The van der Waals surface area contributed by atoms with Gasteiger partial charge in [0.2, 0.25) is 5.91 Å². The summed E-state index contributed by atoms with van der Waals surface area (Å²) >= 11 is 0. The fraction of sp³-hybridized carbons (Fsp3) is 0.857. The molecule has 1 fully saturated rings. The summed E-state index contributed by atoms with van der Waals surface area (Å²) in [4.78, 5) is 23.7. The summed E-state index contributed by atoms with van der Waals surface area (Å²) in [5.41, 5.74) is -0.0488. The predicted octanol–water partition coefficient (Wildman–Crippen LogP) is 2.13. The van der Waals surface area contributed by atoms with E-state index in [1.54, 1.807) is 6.92 Å². The fourth-order valence-electron chi connectivity index (χ4n) is 3.23. The van der Waals surface area contributed by atoms with Crippen molar-refractivity contribution in [3.63, 3.8) is 0 Å². The summed E-state index contributed by atoms with van der Waals surface area (Å²) in [6.45, 7) is 10.1. The molecule has 4 heteroatoms. The summed E-state index contributed by atoms with van der Waals surface area (Å²) in [5.74, 6) is -0.519. The molecule has 18 heavy (non-hydrogen) atoms. The Hall–Kier alpha value is -1.06. The van der Waals surface area contributed by atoms with Crippen molar-refractivity contribution in [1.82, 2.24) is 5.32 Å². The van der Waals surface area contributed by atoms with Crippen molar-refractivity contribution in [2.45, 2.75) is 53.5 Å².